The van der Waals surface area contributed by atoms with Crippen LogP contribution in [0.1, 0.15) is 25.0 Å². The van der Waals surface area contributed by atoms with Crippen LogP contribution in [-0.2, 0) is 5.41 Å². The molecule has 0 radical (unpaired) electrons. The summed E-state index contributed by atoms with van der Waals surface area (Å²) in [5.74, 6) is 0. The molecule has 4 nitrogen and oxygen atoms in total. The van der Waals surface area contributed by atoms with Gasteiger partial charge in [0.25, 0.3) is 0 Å². The highest BCUT2D eigenvalue weighted by Crippen LogP contribution is 2.51. The topological polar surface area (TPSA) is 41.9 Å². The van der Waals surface area contributed by atoms with E-state index in [0.29, 0.717) is 0 Å². The van der Waals surface area contributed by atoms with Crippen LogP contribution in [0.5, 0.6) is 0 Å². The van der Waals surface area contributed by atoms with E-state index < -0.39 is 0 Å². The minimum Gasteiger partial charge on any atom is -0.308 e. The van der Waals surface area contributed by atoms with E-state index in [1.54, 1.807) is 17.5 Å². The maximum absolute atomic E-state index is 4.78. The highest BCUT2D eigenvalue weighted by atomic mass is 32.1. The van der Waals surface area contributed by atoms with Gasteiger partial charge in [-0.25, -0.2) is 9.97 Å². The van der Waals surface area contributed by atoms with Crippen LogP contribution in [0, 0.1) is 0 Å². The molecular weight excluding hydrogens is 400 g/mol. The molecule has 0 bridgehead atoms. The molecule has 0 atom stereocenters. The number of hydrogen-bond donors (Lipinski definition) is 0. The lowest BCUT2D eigenvalue weighted by Crippen LogP contribution is -2.30. The summed E-state index contributed by atoms with van der Waals surface area (Å²) in [4.78, 5) is 16.1. The van der Waals surface area contributed by atoms with Gasteiger partial charge in [-0.05, 0) is 47.5 Å². The Kier molecular flexibility index (Phi) is 3.95. The average molecular weight is 421 g/mol. The molecule has 150 valence electrons. The fraction of sp³-hybridized carbons (Fsp3) is 0.115. The molecule has 0 unspecified atom stereocenters. The van der Waals surface area contributed by atoms with Crippen molar-refractivity contribution in [3.05, 3.63) is 96.3 Å². The second kappa shape index (κ2) is 6.72. The number of anilines is 3. The first-order valence-corrected chi connectivity index (χ1v) is 11.1. The number of thiazole rings is 1. The Balaban J connectivity index is 1.47. The average Bonchev–Trinajstić information content (AvgIpc) is 3.24. The molecule has 1 aliphatic rings. The van der Waals surface area contributed by atoms with Gasteiger partial charge in [0.05, 0.1) is 33.7 Å². The van der Waals surface area contributed by atoms with Crippen LogP contribution >= 0.6 is 11.3 Å². The first kappa shape index (κ1) is 18.2. The number of pyridine rings is 2. The number of fused-ring (bicyclic) bond motifs is 3. The lowest BCUT2D eigenvalue weighted by Gasteiger charge is -2.41. The minimum absolute atomic E-state index is 0.0644. The van der Waals surface area contributed by atoms with Gasteiger partial charge < -0.3 is 4.90 Å². The molecule has 0 aliphatic carbocycles. The molecule has 0 fully saturated rings. The molecule has 4 heterocycles. The van der Waals surface area contributed by atoms with Crippen LogP contribution < -0.4 is 4.90 Å². The summed E-state index contributed by atoms with van der Waals surface area (Å²) in [5.41, 5.74) is 7.64. The van der Waals surface area contributed by atoms with E-state index >= 15 is 0 Å². The number of para-hydroxylation sites is 2. The molecule has 0 spiro atoms. The largest absolute Gasteiger partial charge is 0.308 e. The zero-order valence-corrected chi connectivity index (χ0v) is 18.1. The van der Waals surface area contributed by atoms with Crippen molar-refractivity contribution in [2.45, 2.75) is 19.3 Å². The predicted octanol–water partition coefficient (Wildman–Crippen LogP) is 6.86. The second-order valence-corrected chi connectivity index (χ2v) is 9.27. The van der Waals surface area contributed by atoms with Crippen molar-refractivity contribution in [3.8, 4) is 10.7 Å². The Morgan fingerprint density at radius 2 is 1.48 bits per heavy atom. The third-order valence-corrected chi connectivity index (χ3v) is 7.06. The number of nitrogens with zero attached hydrogens (tertiary/aromatic N) is 4. The molecule has 2 aromatic carbocycles. The molecule has 5 aromatic rings. The number of benzene rings is 2. The lowest BCUT2D eigenvalue weighted by molar-refractivity contribution is 0.632. The van der Waals surface area contributed by atoms with Crippen LogP contribution in [-0.4, -0.2) is 15.0 Å². The van der Waals surface area contributed by atoms with Crippen LogP contribution in [0.4, 0.5) is 17.1 Å². The van der Waals surface area contributed by atoms with Crippen LogP contribution in [0.3, 0.4) is 0 Å². The van der Waals surface area contributed by atoms with Gasteiger partial charge in [0.15, 0.2) is 5.65 Å². The van der Waals surface area contributed by atoms with Gasteiger partial charge in [-0.2, -0.15) is 0 Å². The normalized spacial score (nSPS) is 14.3. The smallest absolute Gasteiger partial charge is 0.170 e. The molecule has 1 aliphatic heterocycles. The van der Waals surface area contributed by atoms with E-state index in [1.165, 1.54) is 22.5 Å². The van der Waals surface area contributed by atoms with E-state index in [9.17, 15) is 0 Å². The highest BCUT2D eigenvalue weighted by Gasteiger charge is 2.36. The summed E-state index contributed by atoms with van der Waals surface area (Å²) in [6, 6.07) is 25.5. The van der Waals surface area contributed by atoms with Crippen molar-refractivity contribution < 1.29 is 0 Å². The maximum atomic E-state index is 4.78. The third-order valence-electron chi connectivity index (χ3n) is 6.03. The van der Waals surface area contributed by atoms with Gasteiger partial charge in [0.2, 0.25) is 0 Å². The quantitative estimate of drug-likeness (QED) is 0.313. The molecule has 5 heteroatoms. The first-order chi connectivity index (χ1) is 15.1. The fourth-order valence-corrected chi connectivity index (χ4v) is 5.37. The Morgan fingerprint density at radius 1 is 0.774 bits per heavy atom. The van der Waals surface area contributed by atoms with Crippen molar-refractivity contribution in [1.82, 2.24) is 15.0 Å². The minimum atomic E-state index is -0.0644. The first-order valence-electron chi connectivity index (χ1n) is 10.3. The van der Waals surface area contributed by atoms with E-state index in [-0.39, 0.29) is 5.41 Å². The van der Waals surface area contributed by atoms with E-state index in [0.717, 1.165) is 26.7 Å². The molecule has 31 heavy (non-hydrogen) atoms. The van der Waals surface area contributed by atoms with Crippen molar-refractivity contribution in [1.29, 1.82) is 0 Å². The Labute approximate surface area is 184 Å². The van der Waals surface area contributed by atoms with Crippen molar-refractivity contribution in [2.75, 3.05) is 4.90 Å². The fourth-order valence-electron chi connectivity index (χ4n) is 4.47. The maximum Gasteiger partial charge on any atom is 0.170 e. The Morgan fingerprint density at radius 3 is 2.13 bits per heavy atom. The monoisotopic (exact) mass is 420 g/mol. The third kappa shape index (κ3) is 2.77. The molecule has 6 rings (SSSR count). The highest BCUT2D eigenvalue weighted by molar-refractivity contribution is 7.21. The molecular formula is C26H20N4S. The summed E-state index contributed by atoms with van der Waals surface area (Å²) in [7, 11) is 0. The van der Waals surface area contributed by atoms with Crippen LogP contribution in [0.15, 0.2) is 85.2 Å². The summed E-state index contributed by atoms with van der Waals surface area (Å²) in [6.07, 6.45) is 3.72. The lowest BCUT2D eigenvalue weighted by atomic mass is 9.73. The molecule has 0 amide bonds. The molecule has 0 saturated heterocycles. The van der Waals surface area contributed by atoms with Gasteiger partial charge in [-0.1, -0.05) is 50.2 Å². The van der Waals surface area contributed by atoms with Crippen molar-refractivity contribution in [2.24, 2.45) is 0 Å². The van der Waals surface area contributed by atoms with E-state index in [2.05, 4.69) is 89.4 Å². The van der Waals surface area contributed by atoms with Gasteiger partial charge in [0.1, 0.15) is 5.01 Å². The summed E-state index contributed by atoms with van der Waals surface area (Å²) >= 11 is 1.62. The van der Waals surface area contributed by atoms with Gasteiger partial charge in [0, 0.05) is 11.6 Å². The summed E-state index contributed by atoms with van der Waals surface area (Å²) in [6.45, 7) is 4.59. The standard InChI is InChI=1S/C26H20N4S/c1-26(2)18-8-3-5-10-21(18)30(22-11-6-4-9-19(22)26)17-13-14-20(28-16-17)25-29-24-23(31-25)12-7-15-27-24/h3-16H,1-2H3. The van der Waals surface area contributed by atoms with Crippen molar-refractivity contribution >= 4 is 38.7 Å². The summed E-state index contributed by atoms with van der Waals surface area (Å²) < 4.78 is 1.07. The predicted molar refractivity (Wildman–Crippen MR) is 127 cm³/mol. The molecule has 3 aromatic heterocycles. The number of hydrogen-bond acceptors (Lipinski definition) is 5. The van der Waals surface area contributed by atoms with Crippen LogP contribution in [0.2, 0.25) is 0 Å². The zero-order chi connectivity index (χ0) is 21.0. The number of aromatic nitrogens is 3. The van der Waals surface area contributed by atoms with E-state index in [1.807, 2.05) is 18.3 Å². The van der Waals surface area contributed by atoms with Crippen LogP contribution in [0.25, 0.3) is 21.0 Å². The van der Waals surface area contributed by atoms with Crippen molar-refractivity contribution in [3.63, 3.8) is 0 Å². The second-order valence-electron chi connectivity index (χ2n) is 8.24. The number of rotatable bonds is 2. The molecule has 0 N–H and O–H groups in total. The zero-order valence-electron chi connectivity index (χ0n) is 17.3. The van der Waals surface area contributed by atoms with Gasteiger partial charge >= 0.3 is 0 Å². The van der Waals surface area contributed by atoms with E-state index in [4.69, 9.17) is 4.98 Å². The molecule has 0 saturated carbocycles. The summed E-state index contributed by atoms with van der Waals surface area (Å²) in [5, 5.41) is 0.890. The van der Waals surface area contributed by atoms with Gasteiger partial charge in [-0.3, -0.25) is 4.98 Å². The Bertz CT molecular complexity index is 1340. The van der Waals surface area contributed by atoms with Gasteiger partial charge in [-0.15, -0.1) is 11.3 Å². The Hall–Kier alpha value is -3.57. The SMILES string of the molecule is CC1(C)c2ccccc2N(c2ccc(-c3nc4ncccc4s3)nc2)c2ccccc21.